The minimum Gasteiger partial charge on any atom is -0.304 e. The van der Waals surface area contributed by atoms with Crippen molar-refractivity contribution in [1.29, 1.82) is 0 Å². The Balaban J connectivity index is 1.54. The van der Waals surface area contributed by atoms with Crippen LogP contribution in [0.3, 0.4) is 0 Å². The maximum atomic E-state index is 13.8. The fraction of sp³-hybridized carbons (Fsp3) is 0.318. The van der Waals surface area contributed by atoms with Crippen molar-refractivity contribution in [2.24, 2.45) is 10.2 Å². The van der Waals surface area contributed by atoms with Gasteiger partial charge in [0.2, 0.25) is 0 Å². The molecule has 176 valence electrons. The molecule has 1 aromatic heterocycles. The van der Waals surface area contributed by atoms with Crippen LogP contribution in [0.4, 0.5) is 18.9 Å². The standard InChI is InChI=1S/C22H23ClF3N5S2/c1-32-9-7-30(8-10-32)33(2)31(17-5-6-19(24)18(23)11-17)14-16-4-3-15(13-27-16)20-12-21(22(25)26)29-28-20/h3-6,11,13,22H,1-2,7-10,12,14H2. The first-order valence-corrected chi connectivity index (χ1v) is 13.6. The predicted molar refractivity (Wildman–Crippen MR) is 137 cm³/mol. The molecule has 0 amide bonds. The Morgan fingerprint density at radius 3 is 2.55 bits per heavy atom. The summed E-state index contributed by atoms with van der Waals surface area (Å²) in [7, 11) is -0.370. The van der Waals surface area contributed by atoms with Crippen molar-refractivity contribution < 1.29 is 13.2 Å². The average molecular weight is 514 g/mol. The number of rotatable bonds is 7. The number of nitrogens with zero attached hydrogens (tertiary/aromatic N) is 5. The average Bonchev–Trinajstić information content (AvgIpc) is 3.31. The van der Waals surface area contributed by atoms with Crippen molar-refractivity contribution in [3.8, 4) is 0 Å². The number of hydrogen-bond donors (Lipinski definition) is 0. The number of alkyl halides is 2. The molecule has 5 nitrogen and oxygen atoms in total. The fourth-order valence-corrected chi connectivity index (χ4v) is 6.53. The van der Waals surface area contributed by atoms with Gasteiger partial charge in [-0.25, -0.2) is 17.5 Å². The highest BCUT2D eigenvalue weighted by molar-refractivity contribution is 8.15. The predicted octanol–water partition coefficient (Wildman–Crippen LogP) is 5.24. The third-order valence-electron chi connectivity index (χ3n) is 5.37. The van der Waals surface area contributed by atoms with E-state index in [4.69, 9.17) is 11.6 Å². The van der Waals surface area contributed by atoms with Crippen LogP contribution in [0.1, 0.15) is 17.7 Å². The van der Waals surface area contributed by atoms with E-state index < -0.39 is 23.1 Å². The topological polar surface area (TPSA) is 44.1 Å². The lowest BCUT2D eigenvalue weighted by molar-refractivity contribution is 0.224. The summed E-state index contributed by atoms with van der Waals surface area (Å²) in [4.78, 5) is 4.52. The number of halogens is 4. The Labute approximate surface area is 201 Å². The molecule has 1 aromatic carbocycles. The molecule has 2 aliphatic heterocycles. The zero-order valence-corrected chi connectivity index (χ0v) is 20.2. The van der Waals surface area contributed by atoms with Crippen LogP contribution in [0.2, 0.25) is 5.02 Å². The van der Waals surface area contributed by atoms with E-state index >= 15 is 0 Å². The molecule has 33 heavy (non-hydrogen) atoms. The maximum Gasteiger partial charge on any atom is 0.278 e. The highest BCUT2D eigenvalue weighted by atomic mass is 35.5. The molecule has 1 fully saturated rings. The van der Waals surface area contributed by atoms with Crippen LogP contribution in [-0.2, 0) is 6.54 Å². The smallest absolute Gasteiger partial charge is 0.278 e. The van der Waals surface area contributed by atoms with Gasteiger partial charge in [-0.2, -0.15) is 20.7 Å². The van der Waals surface area contributed by atoms with E-state index in [-0.39, 0.29) is 27.6 Å². The first-order valence-electron chi connectivity index (χ1n) is 10.2. The molecule has 0 N–H and O–H groups in total. The molecule has 0 aliphatic carbocycles. The van der Waals surface area contributed by atoms with E-state index in [0.29, 0.717) is 17.8 Å². The van der Waals surface area contributed by atoms with Crippen LogP contribution >= 0.6 is 32.9 Å². The highest BCUT2D eigenvalue weighted by Gasteiger charge is 2.23. The van der Waals surface area contributed by atoms with Crippen molar-refractivity contribution in [3.63, 3.8) is 0 Å². The van der Waals surface area contributed by atoms with Crippen LogP contribution in [-0.4, -0.2) is 63.5 Å². The zero-order chi connectivity index (χ0) is 23.5. The molecule has 0 spiro atoms. The summed E-state index contributed by atoms with van der Waals surface area (Å²) in [5.41, 5.74) is 2.39. The Kier molecular flexibility index (Phi) is 7.68. The number of pyridine rings is 1. The van der Waals surface area contributed by atoms with Crippen molar-refractivity contribution in [2.45, 2.75) is 19.4 Å². The summed E-state index contributed by atoms with van der Waals surface area (Å²) in [6, 6.07) is 8.27. The Morgan fingerprint density at radius 2 is 1.94 bits per heavy atom. The van der Waals surface area contributed by atoms with Gasteiger partial charge in [0.05, 0.1) is 23.0 Å². The Morgan fingerprint density at radius 1 is 1.18 bits per heavy atom. The Hall–Kier alpha value is -2.01. The van der Waals surface area contributed by atoms with Gasteiger partial charge in [0, 0.05) is 48.5 Å². The second kappa shape index (κ2) is 10.5. The highest BCUT2D eigenvalue weighted by Crippen LogP contribution is 2.35. The molecule has 4 rings (SSSR count). The van der Waals surface area contributed by atoms with Crippen LogP contribution < -0.4 is 4.31 Å². The summed E-state index contributed by atoms with van der Waals surface area (Å²) in [6.07, 6.45) is -0.979. The van der Waals surface area contributed by atoms with Crippen molar-refractivity contribution in [1.82, 2.24) is 9.29 Å². The molecule has 2 aliphatic rings. The van der Waals surface area contributed by atoms with E-state index in [1.165, 1.54) is 6.07 Å². The van der Waals surface area contributed by atoms with E-state index in [9.17, 15) is 13.2 Å². The van der Waals surface area contributed by atoms with Gasteiger partial charge in [-0.1, -0.05) is 17.5 Å². The first-order chi connectivity index (χ1) is 15.8. The van der Waals surface area contributed by atoms with Gasteiger partial charge in [0.15, 0.2) is 0 Å². The molecule has 3 heterocycles. The minimum atomic E-state index is -2.61. The third-order valence-corrected chi connectivity index (χ3v) is 8.98. The zero-order valence-electron chi connectivity index (χ0n) is 17.8. The van der Waals surface area contributed by atoms with Gasteiger partial charge in [0.25, 0.3) is 6.43 Å². The maximum absolute atomic E-state index is 13.8. The lowest BCUT2D eigenvalue weighted by Gasteiger charge is -2.37. The van der Waals surface area contributed by atoms with Crippen LogP contribution in [0.25, 0.3) is 0 Å². The van der Waals surface area contributed by atoms with Gasteiger partial charge < -0.3 is 4.31 Å². The van der Waals surface area contributed by atoms with Gasteiger partial charge >= 0.3 is 0 Å². The van der Waals surface area contributed by atoms with E-state index in [2.05, 4.69) is 35.5 Å². The number of anilines is 1. The van der Waals surface area contributed by atoms with Crippen molar-refractivity contribution >= 4 is 61.8 Å². The first kappa shape index (κ1) is 24.1. The quantitative estimate of drug-likeness (QED) is 0.475. The molecule has 2 aromatic rings. The number of aromatic nitrogens is 1. The molecule has 1 saturated heterocycles. The number of hydrogen-bond acceptors (Lipinski definition) is 5. The molecule has 0 radical (unpaired) electrons. The van der Waals surface area contributed by atoms with Crippen LogP contribution in [0.15, 0.2) is 46.7 Å². The monoisotopic (exact) mass is 513 g/mol. The second-order valence-corrected chi connectivity index (χ2v) is 11.7. The summed E-state index contributed by atoms with van der Waals surface area (Å²) in [5.74, 6) is 10.2. The molecule has 1 unspecified atom stereocenters. The lowest BCUT2D eigenvalue weighted by atomic mass is 10.1. The summed E-state index contributed by atoms with van der Waals surface area (Å²) in [6.45, 7) is 2.21. The Bertz CT molecular complexity index is 1130. The normalized spacial score (nSPS) is 18.3. The van der Waals surface area contributed by atoms with E-state index in [1.54, 1.807) is 24.4 Å². The van der Waals surface area contributed by atoms with Crippen molar-refractivity contribution in [2.75, 3.05) is 28.9 Å². The number of benzene rings is 1. The van der Waals surface area contributed by atoms with Crippen molar-refractivity contribution in [3.05, 3.63) is 58.6 Å². The molecule has 0 saturated carbocycles. The summed E-state index contributed by atoms with van der Waals surface area (Å²) < 4.78 is 43.8. The molecule has 11 heteroatoms. The lowest BCUT2D eigenvalue weighted by Crippen LogP contribution is -2.34. The minimum absolute atomic E-state index is 0.0180. The van der Waals surface area contributed by atoms with E-state index in [0.717, 1.165) is 36.0 Å². The third kappa shape index (κ3) is 5.74. The fourth-order valence-electron chi connectivity index (χ4n) is 3.44. The molecule has 1 atom stereocenters. The molecular formula is C22H23ClF3N5S2. The largest absolute Gasteiger partial charge is 0.304 e. The molecule has 0 bridgehead atoms. The summed E-state index contributed by atoms with van der Waals surface area (Å²) >= 11 is 6.07. The molecular weight excluding hydrogens is 491 g/mol. The SMILES string of the molecule is C=S1CCN(S(=C)N(Cc2ccc(C3=NN=C(C(F)F)C3)cn2)c2ccc(F)c(Cl)c2)CC1. The van der Waals surface area contributed by atoms with Gasteiger partial charge in [-0.15, -0.1) is 0 Å². The van der Waals surface area contributed by atoms with E-state index in [1.807, 2.05) is 6.07 Å². The van der Waals surface area contributed by atoms with Crippen LogP contribution in [0.5, 0.6) is 0 Å². The van der Waals surface area contributed by atoms with Gasteiger partial charge in [-0.05, 0) is 47.1 Å². The second-order valence-electron chi connectivity index (χ2n) is 7.58. The van der Waals surface area contributed by atoms with Gasteiger partial charge in [-0.3, -0.25) is 4.98 Å². The summed E-state index contributed by atoms with van der Waals surface area (Å²) in [5, 5.41) is 7.47. The van der Waals surface area contributed by atoms with Gasteiger partial charge in [0.1, 0.15) is 11.5 Å². The van der Waals surface area contributed by atoms with Crippen LogP contribution in [0, 0.1) is 5.82 Å².